The number of amides is 1. The second-order valence-electron chi connectivity index (χ2n) is 3.85. The zero-order valence-electron chi connectivity index (χ0n) is 9.28. The number of carbonyl (C=O) groups excluding carboxylic acids is 1. The summed E-state index contributed by atoms with van der Waals surface area (Å²) in [6.07, 6.45) is 2.03. The fourth-order valence-electron chi connectivity index (χ4n) is 1.64. The Bertz CT molecular complexity index is 377. The van der Waals surface area contributed by atoms with Crippen molar-refractivity contribution in [1.82, 2.24) is 10.3 Å². The number of hydrogen-bond acceptors (Lipinski definition) is 4. The van der Waals surface area contributed by atoms with Crippen LogP contribution in [0.15, 0.2) is 22.9 Å². The van der Waals surface area contributed by atoms with Gasteiger partial charge in [-0.1, -0.05) is 0 Å². The Labute approximate surface area is 108 Å². The van der Waals surface area contributed by atoms with Crippen LogP contribution in [0.5, 0.6) is 0 Å². The van der Waals surface area contributed by atoms with Crippen molar-refractivity contribution in [2.24, 2.45) is 0 Å². The topological polar surface area (TPSA) is 63.2 Å². The van der Waals surface area contributed by atoms with Gasteiger partial charge in [0.05, 0.1) is 25.1 Å². The minimum absolute atomic E-state index is 0.0304. The molecule has 1 aromatic rings. The molecule has 6 heteroatoms. The highest BCUT2D eigenvalue weighted by Crippen LogP contribution is 2.11. The van der Waals surface area contributed by atoms with Crippen LogP contribution in [0.4, 0.5) is 5.69 Å². The third kappa shape index (κ3) is 4.07. The number of ether oxygens (including phenoxy) is 1. The third-order valence-electron chi connectivity index (χ3n) is 2.44. The van der Waals surface area contributed by atoms with Crippen LogP contribution in [0, 0.1) is 0 Å². The molecule has 2 heterocycles. The number of carbonyl (C=O) groups is 1. The summed E-state index contributed by atoms with van der Waals surface area (Å²) in [5, 5.41) is 6.03. The predicted octanol–water partition coefficient (Wildman–Crippen LogP) is 1.16. The van der Waals surface area contributed by atoms with Gasteiger partial charge in [0.25, 0.3) is 0 Å². The zero-order chi connectivity index (χ0) is 12.1. The number of morpholine rings is 1. The molecule has 1 saturated heterocycles. The molecule has 5 nitrogen and oxygen atoms in total. The van der Waals surface area contributed by atoms with Crippen LogP contribution in [0.2, 0.25) is 0 Å². The fourth-order valence-corrected chi connectivity index (χ4v) is 1.87. The quantitative estimate of drug-likeness (QED) is 0.822. The highest BCUT2D eigenvalue weighted by Gasteiger charge is 2.16. The van der Waals surface area contributed by atoms with Crippen molar-refractivity contribution in [3.05, 3.63) is 22.9 Å². The van der Waals surface area contributed by atoms with Gasteiger partial charge >= 0.3 is 0 Å². The number of hydrogen-bond donors (Lipinski definition) is 2. The smallest absolute Gasteiger partial charge is 0.226 e. The summed E-state index contributed by atoms with van der Waals surface area (Å²) >= 11 is 3.24. The highest BCUT2D eigenvalue weighted by atomic mass is 79.9. The van der Waals surface area contributed by atoms with Crippen molar-refractivity contribution >= 4 is 27.5 Å². The van der Waals surface area contributed by atoms with Crippen molar-refractivity contribution in [2.75, 3.05) is 25.1 Å². The Kier molecular flexibility index (Phi) is 4.47. The van der Waals surface area contributed by atoms with Gasteiger partial charge in [0, 0.05) is 19.0 Å². The number of anilines is 1. The molecule has 1 aliphatic rings. The number of halogens is 1. The molecular weight excluding hydrogens is 286 g/mol. The first-order valence-electron chi connectivity index (χ1n) is 5.46. The number of aromatic nitrogens is 1. The minimum Gasteiger partial charge on any atom is -0.378 e. The molecule has 0 aromatic carbocycles. The molecule has 0 spiro atoms. The summed E-state index contributed by atoms with van der Waals surface area (Å²) in [6.45, 7) is 2.11. The molecule has 0 bridgehead atoms. The normalized spacial score (nSPS) is 19.9. The molecule has 1 aromatic heterocycles. The van der Waals surface area contributed by atoms with E-state index >= 15 is 0 Å². The largest absolute Gasteiger partial charge is 0.378 e. The first-order valence-corrected chi connectivity index (χ1v) is 6.26. The molecular formula is C11H14BrN3O2. The van der Waals surface area contributed by atoms with E-state index in [0.29, 0.717) is 18.7 Å². The van der Waals surface area contributed by atoms with Gasteiger partial charge in [-0.25, -0.2) is 4.98 Å². The maximum Gasteiger partial charge on any atom is 0.226 e. The van der Waals surface area contributed by atoms with E-state index in [1.165, 1.54) is 0 Å². The van der Waals surface area contributed by atoms with Crippen molar-refractivity contribution in [3.8, 4) is 0 Å². The van der Waals surface area contributed by atoms with Gasteiger partial charge in [0.15, 0.2) is 0 Å². The van der Waals surface area contributed by atoms with Crippen LogP contribution in [0.25, 0.3) is 0 Å². The lowest BCUT2D eigenvalue weighted by atomic mass is 10.2. The van der Waals surface area contributed by atoms with Crippen LogP contribution in [0.1, 0.15) is 6.42 Å². The molecule has 1 amide bonds. The van der Waals surface area contributed by atoms with Crippen molar-refractivity contribution in [2.45, 2.75) is 12.5 Å². The summed E-state index contributed by atoms with van der Waals surface area (Å²) < 4.78 is 6.04. The van der Waals surface area contributed by atoms with E-state index in [9.17, 15) is 4.79 Å². The highest BCUT2D eigenvalue weighted by molar-refractivity contribution is 9.10. The summed E-state index contributed by atoms with van der Waals surface area (Å²) in [5.41, 5.74) is 0.704. The molecule has 17 heavy (non-hydrogen) atoms. The van der Waals surface area contributed by atoms with E-state index in [0.717, 1.165) is 17.8 Å². The van der Waals surface area contributed by atoms with Crippen LogP contribution in [0.3, 0.4) is 0 Å². The Morgan fingerprint density at radius 3 is 3.18 bits per heavy atom. The zero-order valence-corrected chi connectivity index (χ0v) is 10.9. The lowest BCUT2D eigenvalue weighted by molar-refractivity contribution is -0.117. The van der Waals surface area contributed by atoms with Crippen LogP contribution >= 0.6 is 15.9 Å². The first-order chi connectivity index (χ1) is 8.24. The molecule has 1 atom stereocenters. The Morgan fingerprint density at radius 1 is 1.65 bits per heavy atom. The van der Waals surface area contributed by atoms with Crippen LogP contribution in [-0.4, -0.2) is 36.7 Å². The molecule has 2 N–H and O–H groups in total. The lowest BCUT2D eigenvalue weighted by Gasteiger charge is -2.23. The van der Waals surface area contributed by atoms with Gasteiger partial charge in [0.1, 0.15) is 4.60 Å². The summed E-state index contributed by atoms with van der Waals surface area (Å²) in [5.74, 6) is -0.0304. The summed E-state index contributed by atoms with van der Waals surface area (Å²) in [7, 11) is 0. The Balaban J connectivity index is 1.82. The van der Waals surface area contributed by atoms with Crippen molar-refractivity contribution < 1.29 is 9.53 Å². The Hall–Kier alpha value is -0.980. The maximum absolute atomic E-state index is 11.7. The monoisotopic (exact) mass is 299 g/mol. The molecule has 1 unspecified atom stereocenters. The molecule has 1 aliphatic heterocycles. The van der Waals surface area contributed by atoms with E-state index in [1.807, 2.05) is 0 Å². The van der Waals surface area contributed by atoms with Gasteiger partial charge < -0.3 is 15.4 Å². The van der Waals surface area contributed by atoms with Gasteiger partial charge in [-0.05, 0) is 28.1 Å². The van der Waals surface area contributed by atoms with Crippen LogP contribution in [-0.2, 0) is 9.53 Å². The van der Waals surface area contributed by atoms with Crippen LogP contribution < -0.4 is 10.6 Å². The molecule has 92 valence electrons. The standard InChI is InChI=1S/C11H14BrN3O2/c12-10-2-1-8(6-14-10)15-11(16)5-9-7-17-4-3-13-9/h1-2,6,9,13H,3-5,7H2,(H,15,16). The number of rotatable bonds is 3. The average Bonchev–Trinajstić information content (AvgIpc) is 2.33. The Morgan fingerprint density at radius 2 is 2.53 bits per heavy atom. The second kappa shape index (κ2) is 6.09. The second-order valence-corrected chi connectivity index (χ2v) is 4.66. The maximum atomic E-state index is 11.7. The SMILES string of the molecule is O=C(CC1COCCN1)Nc1ccc(Br)nc1. The van der Waals surface area contributed by atoms with Crippen molar-refractivity contribution in [1.29, 1.82) is 0 Å². The predicted molar refractivity (Wildman–Crippen MR) is 67.8 cm³/mol. The lowest BCUT2D eigenvalue weighted by Crippen LogP contribution is -2.43. The van der Waals surface area contributed by atoms with E-state index in [4.69, 9.17) is 4.74 Å². The van der Waals surface area contributed by atoms with E-state index in [2.05, 4.69) is 31.5 Å². The fraction of sp³-hybridized carbons (Fsp3) is 0.455. The van der Waals surface area contributed by atoms with E-state index in [1.54, 1.807) is 18.3 Å². The average molecular weight is 300 g/mol. The number of nitrogens with zero attached hydrogens (tertiary/aromatic N) is 1. The van der Waals surface area contributed by atoms with Gasteiger partial charge in [-0.2, -0.15) is 0 Å². The van der Waals surface area contributed by atoms with E-state index in [-0.39, 0.29) is 11.9 Å². The first kappa shape index (κ1) is 12.5. The molecule has 0 saturated carbocycles. The van der Waals surface area contributed by atoms with E-state index < -0.39 is 0 Å². The number of pyridine rings is 1. The minimum atomic E-state index is -0.0304. The van der Waals surface area contributed by atoms with Gasteiger partial charge in [-0.15, -0.1) is 0 Å². The molecule has 2 rings (SSSR count). The summed E-state index contributed by atoms with van der Waals surface area (Å²) in [4.78, 5) is 15.8. The van der Waals surface area contributed by atoms with Gasteiger partial charge in [0.2, 0.25) is 5.91 Å². The third-order valence-corrected chi connectivity index (χ3v) is 2.91. The molecule has 1 fully saturated rings. The number of nitrogens with one attached hydrogen (secondary N) is 2. The van der Waals surface area contributed by atoms with Crippen molar-refractivity contribution in [3.63, 3.8) is 0 Å². The molecule has 0 aliphatic carbocycles. The summed E-state index contributed by atoms with van der Waals surface area (Å²) in [6, 6.07) is 3.70. The van der Waals surface area contributed by atoms with Gasteiger partial charge in [-0.3, -0.25) is 4.79 Å². The molecule has 0 radical (unpaired) electrons.